The summed E-state index contributed by atoms with van der Waals surface area (Å²) < 4.78 is 1.68. The van der Waals surface area contributed by atoms with Crippen molar-refractivity contribution in [3.8, 4) is 5.69 Å². The van der Waals surface area contributed by atoms with Crippen LogP contribution in [0.4, 0.5) is 0 Å². The zero-order valence-corrected chi connectivity index (χ0v) is 12.9. The summed E-state index contributed by atoms with van der Waals surface area (Å²) >= 11 is 0. The number of hydrogen-bond acceptors (Lipinski definition) is 3. The molecule has 0 saturated heterocycles. The molecule has 6 heteroatoms. The van der Waals surface area contributed by atoms with Gasteiger partial charge in [-0.25, -0.2) is 4.68 Å². The molecule has 2 atom stereocenters. The van der Waals surface area contributed by atoms with Crippen LogP contribution in [0.1, 0.15) is 35.2 Å². The Bertz CT molecular complexity index is 738. The highest BCUT2D eigenvalue weighted by Crippen LogP contribution is 2.26. The lowest BCUT2D eigenvalue weighted by molar-refractivity contribution is -0.141. The fraction of sp³-hybridized carbons (Fsp3) is 0.353. The van der Waals surface area contributed by atoms with Crippen LogP contribution in [0.5, 0.6) is 0 Å². The molecule has 2 aromatic rings. The number of para-hydroxylation sites is 1. The van der Waals surface area contributed by atoms with Crippen molar-refractivity contribution in [3.63, 3.8) is 0 Å². The van der Waals surface area contributed by atoms with Gasteiger partial charge in [-0.15, -0.1) is 0 Å². The minimum atomic E-state index is -0.783. The normalized spacial score (nSPS) is 20.4. The van der Waals surface area contributed by atoms with Crippen LogP contribution >= 0.6 is 0 Å². The monoisotopic (exact) mass is 313 g/mol. The van der Waals surface area contributed by atoms with E-state index in [0.29, 0.717) is 24.8 Å². The summed E-state index contributed by atoms with van der Waals surface area (Å²) in [5, 5.41) is 16.2. The van der Waals surface area contributed by atoms with Gasteiger partial charge >= 0.3 is 5.97 Å². The molecule has 1 aromatic heterocycles. The quantitative estimate of drug-likeness (QED) is 0.906. The van der Waals surface area contributed by atoms with E-state index in [2.05, 4.69) is 10.4 Å². The molecule has 1 amide bonds. The van der Waals surface area contributed by atoms with Crippen LogP contribution in [-0.2, 0) is 4.79 Å². The van der Waals surface area contributed by atoms with E-state index in [1.807, 2.05) is 31.2 Å². The van der Waals surface area contributed by atoms with Crippen molar-refractivity contribution in [3.05, 3.63) is 47.8 Å². The van der Waals surface area contributed by atoms with Crippen LogP contribution < -0.4 is 5.32 Å². The Morgan fingerprint density at radius 1 is 1.30 bits per heavy atom. The first-order chi connectivity index (χ1) is 11.0. The molecular formula is C17H19N3O3. The molecule has 2 N–H and O–H groups in total. The van der Waals surface area contributed by atoms with E-state index in [0.717, 1.165) is 11.3 Å². The molecule has 0 radical (unpaired) electrons. The fourth-order valence-corrected chi connectivity index (χ4v) is 3.00. The summed E-state index contributed by atoms with van der Waals surface area (Å²) in [6.45, 7) is 1.99. The topological polar surface area (TPSA) is 84.2 Å². The number of carboxylic acid groups (broad SMARTS) is 1. The van der Waals surface area contributed by atoms with Gasteiger partial charge in [0.2, 0.25) is 0 Å². The van der Waals surface area contributed by atoms with Crippen molar-refractivity contribution in [1.82, 2.24) is 15.1 Å². The fourth-order valence-electron chi connectivity index (χ4n) is 3.00. The molecule has 3 rings (SSSR count). The highest BCUT2D eigenvalue weighted by atomic mass is 16.4. The number of aliphatic carboxylic acids is 1. The highest BCUT2D eigenvalue weighted by Gasteiger charge is 2.30. The molecule has 1 aliphatic rings. The number of nitrogens with zero attached hydrogens (tertiary/aromatic N) is 2. The van der Waals surface area contributed by atoms with Crippen molar-refractivity contribution in [2.45, 2.75) is 32.2 Å². The number of amides is 1. The Labute approximate surface area is 134 Å². The van der Waals surface area contributed by atoms with E-state index in [9.17, 15) is 9.59 Å². The average Bonchev–Trinajstić information content (AvgIpc) is 3.16. The van der Waals surface area contributed by atoms with Crippen LogP contribution in [0.2, 0.25) is 0 Å². The Morgan fingerprint density at radius 2 is 2.09 bits per heavy atom. The van der Waals surface area contributed by atoms with E-state index < -0.39 is 5.97 Å². The number of nitrogens with one attached hydrogen (secondary N) is 1. The van der Waals surface area contributed by atoms with Gasteiger partial charge in [-0.05, 0) is 37.8 Å². The van der Waals surface area contributed by atoms with Gasteiger partial charge in [-0.3, -0.25) is 9.59 Å². The second kappa shape index (κ2) is 6.24. The number of rotatable bonds is 4. The first-order valence-corrected chi connectivity index (χ1v) is 7.69. The van der Waals surface area contributed by atoms with Crippen LogP contribution in [0, 0.1) is 12.8 Å². The van der Waals surface area contributed by atoms with Crippen LogP contribution in [0.25, 0.3) is 5.69 Å². The Kier molecular flexibility index (Phi) is 4.14. The molecule has 1 saturated carbocycles. The maximum atomic E-state index is 12.3. The van der Waals surface area contributed by atoms with Gasteiger partial charge in [0.05, 0.1) is 23.4 Å². The first kappa shape index (κ1) is 15.3. The third kappa shape index (κ3) is 3.26. The lowest BCUT2D eigenvalue weighted by Crippen LogP contribution is -2.33. The zero-order valence-electron chi connectivity index (χ0n) is 12.9. The van der Waals surface area contributed by atoms with Crippen molar-refractivity contribution >= 4 is 11.9 Å². The maximum Gasteiger partial charge on any atom is 0.306 e. The average molecular weight is 313 g/mol. The third-order valence-corrected chi connectivity index (χ3v) is 4.32. The number of benzene rings is 1. The molecule has 0 aliphatic heterocycles. The molecule has 1 fully saturated rings. The van der Waals surface area contributed by atoms with Crippen molar-refractivity contribution in [2.75, 3.05) is 0 Å². The number of aromatic nitrogens is 2. The molecule has 0 unspecified atom stereocenters. The van der Waals surface area contributed by atoms with E-state index in [1.165, 1.54) is 6.20 Å². The van der Waals surface area contributed by atoms with Gasteiger partial charge in [0.15, 0.2) is 0 Å². The summed E-state index contributed by atoms with van der Waals surface area (Å²) in [4.78, 5) is 23.3. The third-order valence-electron chi connectivity index (χ3n) is 4.32. The van der Waals surface area contributed by atoms with Gasteiger partial charge in [0.25, 0.3) is 5.91 Å². The van der Waals surface area contributed by atoms with E-state index in [-0.39, 0.29) is 17.9 Å². The summed E-state index contributed by atoms with van der Waals surface area (Å²) in [5.74, 6) is -1.34. The van der Waals surface area contributed by atoms with Gasteiger partial charge in [-0.1, -0.05) is 18.2 Å². The van der Waals surface area contributed by atoms with E-state index >= 15 is 0 Å². The lowest BCUT2D eigenvalue weighted by atomic mass is 10.1. The summed E-state index contributed by atoms with van der Waals surface area (Å²) in [6, 6.07) is 7.73. The number of aryl methyl sites for hydroxylation is 1. The highest BCUT2D eigenvalue weighted by molar-refractivity contribution is 5.94. The SMILES string of the molecule is Cc1ccccc1-n1cc(C(=O)N[C@H]2CC[C@@H](C(=O)O)C2)cn1. The standard InChI is InChI=1S/C17H19N3O3/c1-11-4-2-3-5-15(11)20-10-13(9-18-20)16(21)19-14-7-6-12(8-14)17(22)23/h2-5,9-10,12,14H,6-8H2,1H3,(H,19,21)(H,22,23)/t12-,14+/m1/s1. The molecule has 1 aromatic carbocycles. The summed E-state index contributed by atoms with van der Waals surface area (Å²) in [7, 11) is 0. The van der Waals surface area contributed by atoms with Gasteiger partial charge < -0.3 is 10.4 Å². The molecule has 23 heavy (non-hydrogen) atoms. The second-order valence-corrected chi connectivity index (χ2v) is 5.98. The Balaban J connectivity index is 1.68. The lowest BCUT2D eigenvalue weighted by Gasteiger charge is -2.11. The largest absolute Gasteiger partial charge is 0.481 e. The number of hydrogen-bond donors (Lipinski definition) is 2. The van der Waals surface area contributed by atoms with Crippen LogP contribution in [0.15, 0.2) is 36.7 Å². The van der Waals surface area contributed by atoms with Crippen molar-refractivity contribution in [2.24, 2.45) is 5.92 Å². The van der Waals surface area contributed by atoms with Crippen molar-refractivity contribution < 1.29 is 14.7 Å². The summed E-state index contributed by atoms with van der Waals surface area (Å²) in [5.41, 5.74) is 2.48. The van der Waals surface area contributed by atoms with E-state index in [1.54, 1.807) is 10.9 Å². The summed E-state index contributed by atoms with van der Waals surface area (Å²) in [6.07, 6.45) is 5.04. The molecule has 120 valence electrons. The second-order valence-electron chi connectivity index (χ2n) is 5.98. The van der Waals surface area contributed by atoms with Gasteiger partial charge in [-0.2, -0.15) is 5.10 Å². The first-order valence-electron chi connectivity index (χ1n) is 7.69. The van der Waals surface area contributed by atoms with Gasteiger partial charge in [0, 0.05) is 12.2 Å². The number of carboxylic acids is 1. The molecule has 0 bridgehead atoms. The van der Waals surface area contributed by atoms with Crippen LogP contribution in [0.3, 0.4) is 0 Å². The maximum absolute atomic E-state index is 12.3. The Morgan fingerprint density at radius 3 is 2.78 bits per heavy atom. The number of carbonyl (C=O) groups excluding carboxylic acids is 1. The predicted octanol–water partition coefficient (Wildman–Crippen LogP) is 2.16. The van der Waals surface area contributed by atoms with Crippen molar-refractivity contribution in [1.29, 1.82) is 0 Å². The minimum absolute atomic E-state index is 0.0783. The molecule has 1 heterocycles. The van der Waals surface area contributed by atoms with E-state index in [4.69, 9.17) is 5.11 Å². The smallest absolute Gasteiger partial charge is 0.306 e. The van der Waals surface area contributed by atoms with Gasteiger partial charge in [0.1, 0.15) is 0 Å². The molecule has 6 nitrogen and oxygen atoms in total. The van der Waals surface area contributed by atoms with Crippen LogP contribution in [-0.4, -0.2) is 32.8 Å². The Hall–Kier alpha value is -2.63. The predicted molar refractivity (Wildman–Crippen MR) is 84.5 cm³/mol. The minimum Gasteiger partial charge on any atom is -0.481 e. The molecule has 0 spiro atoms. The zero-order chi connectivity index (χ0) is 16.4. The number of carbonyl (C=O) groups is 2. The molecule has 1 aliphatic carbocycles. The molecular weight excluding hydrogens is 294 g/mol.